The maximum atomic E-state index is 8.39. The lowest BCUT2D eigenvalue weighted by Gasteiger charge is -2.49. The van der Waals surface area contributed by atoms with E-state index in [4.69, 9.17) is 4.80 Å². The van der Waals surface area contributed by atoms with Gasteiger partial charge in [-0.2, -0.15) is 0 Å². The van der Waals surface area contributed by atoms with E-state index in [0.717, 1.165) is 0 Å². The topological polar surface area (TPSA) is 23.1 Å². The van der Waals surface area contributed by atoms with Crippen LogP contribution in [-0.4, -0.2) is 33.6 Å². The largest absolute Gasteiger partial charge is 0.865 e. The van der Waals surface area contributed by atoms with Gasteiger partial charge in [0.15, 0.2) is 0 Å². The first-order valence-electron chi connectivity index (χ1n) is 11.7. The Bertz CT molecular complexity index is 285. The van der Waals surface area contributed by atoms with E-state index in [1.54, 1.807) is 109 Å². The summed E-state index contributed by atoms with van der Waals surface area (Å²) in [6.45, 7) is 2.44. The molecule has 3 rings (SSSR count). The summed E-state index contributed by atoms with van der Waals surface area (Å²) >= 11 is 0. The Morgan fingerprint density at radius 3 is 1.24 bits per heavy atom. The maximum absolute atomic E-state index is 8.39. The minimum Gasteiger partial charge on any atom is -0.865 e. The van der Waals surface area contributed by atoms with E-state index in [0.29, 0.717) is 0 Å². The van der Waals surface area contributed by atoms with Crippen LogP contribution in [0, 0.1) is 0 Å². The molecular weight excluding hydrogens is 339 g/mol. The lowest BCUT2D eigenvalue weighted by Crippen LogP contribution is -2.37. The van der Waals surface area contributed by atoms with Gasteiger partial charge in [0.25, 0.3) is 0 Å². The summed E-state index contributed by atoms with van der Waals surface area (Å²) < 4.78 is 0. The van der Waals surface area contributed by atoms with Crippen molar-refractivity contribution in [1.29, 1.82) is 0 Å². The Labute approximate surface area is 162 Å². The van der Waals surface area contributed by atoms with E-state index in [9.17, 15) is 0 Å². The van der Waals surface area contributed by atoms with Crippen LogP contribution in [0.2, 0.25) is 0 Å². The van der Waals surface area contributed by atoms with Crippen molar-refractivity contribution in [3.63, 3.8) is 0 Å². The van der Waals surface area contributed by atoms with Gasteiger partial charge in [-0.3, -0.25) is 0 Å². The minimum absolute atomic E-state index is 0.0556. The molecule has 0 bridgehead atoms. The molecule has 148 valence electrons. The van der Waals surface area contributed by atoms with Crippen molar-refractivity contribution in [2.24, 2.45) is 0 Å². The molecule has 3 aliphatic rings. The molecule has 0 aromatic heterocycles. The fourth-order valence-corrected chi connectivity index (χ4v) is 14.3. The number of rotatable bonds is 6. The van der Waals surface area contributed by atoms with Crippen molar-refractivity contribution in [2.75, 3.05) is 6.16 Å². The summed E-state index contributed by atoms with van der Waals surface area (Å²) in [5.74, 6) is 0. The zero-order valence-electron chi connectivity index (χ0n) is 17.3. The monoisotopic (exact) mass is 384 g/mol. The van der Waals surface area contributed by atoms with Crippen LogP contribution in [0.4, 0.5) is 0 Å². The summed E-state index contributed by atoms with van der Waals surface area (Å²) in [7, 11) is -0.683. The first-order chi connectivity index (χ1) is 12.4. The van der Waals surface area contributed by atoms with E-state index in [2.05, 4.69) is 6.92 Å². The van der Waals surface area contributed by atoms with Gasteiger partial charge in [0, 0.05) is 7.26 Å². The summed E-state index contributed by atoms with van der Waals surface area (Å²) in [5, 5.41) is 0. The van der Waals surface area contributed by atoms with Crippen molar-refractivity contribution >= 4 is 17.7 Å². The molecule has 0 aromatic rings. The van der Waals surface area contributed by atoms with Crippen LogP contribution >= 0.6 is 7.26 Å². The fourth-order valence-electron chi connectivity index (χ4n) is 6.56. The second kappa shape index (κ2) is 12.1. The van der Waals surface area contributed by atoms with E-state index < -0.39 is 7.26 Å². The molecule has 3 fully saturated rings. The number of unbranched alkanes of at least 4 members (excludes halogenated alkanes) is 1. The summed E-state index contributed by atoms with van der Waals surface area (Å²) in [4.78, 5) is 8.39. The van der Waals surface area contributed by atoms with Gasteiger partial charge in [-0.1, -0.05) is 43.1 Å². The van der Waals surface area contributed by atoms with Gasteiger partial charge < -0.3 is 4.80 Å². The smallest absolute Gasteiger partial charge is 0.0703 e. The van der Waals surface area contributed by atoms with Gasteiger partial charge in [0.1, 0.15) is 0 Å². The van der Waals surface area contributed by atoms with Crippen molar-refractivity contribution in [3.05, 3.63) is 0 Å². The normalized spacial score (nSPS) is 24.7. The van der Waals surface area contributed by atoms with Gasteiger partial charge in [0.05, 0.1) is 23.1 Å². The second-order valence-electron chi connectivity index (χ2n) is 8.95. The predicted octanol–water partition coefficient (Wildman–Crippen LogP) is 5.43. The minimum atomic E-state index is -0.739. The Kier molecular flexibility index (Phi) is 10.6. The highest BCUT2D eigenvalue weighted by Crippen LogP contribution is 2.77. The second-order valence-corrected chi connectivity index (χ2v) is 13.6. The van der Waals surface area contributed by atoms with E-state index in [1.165, 1.54) is 23.4 Å². The molecule has 0 saturated heterocycles. The average molecular weight is 385 g/mol. The molecule has 0 amide bonds. The van der Waals surface area contributed by atoms with Crippen LogP contribution in [0.25, 0.3) is 0 Å². The lowest BCUT2D eigenvalue weighted by molar-refractivity contribution is -0.169. The van der Waals surface area contributed by atoms with Crippen LogP contribution in [0.15, 0.2) is 0 Å². The third kappa shape index (κ3) is 5.55. The van der Waals surface area contributed by atoms with Gasteiger partial charge in [-0.25, -0.2) is 0 Å². The molecule has 0 unspecified atom stereocenters. The highest BCUT2D eigenvalue weighted by molar-refractivity contribution is 7.77. The van der Waals surface area contributed by atoms with Crippen molar-refractivity contribution in [1.82, 2.24) is 0 Å². The van der Waals surface area contributed by atoms with Crippen molar-refractivity contribution < 1.29 is 4.80 Å². The molecule has 0 spiro atoms. The summed E-state index contributed by atoms with van der Waals surface area (Å²) in [6.07, 6.45) is 28.5. The van der Waals surface area contributed by atoms with Crippen molar-refractivity contribution in [2.45, 2.75) is 133 Å². The van der Waals surface area contributed by atoms with Crippen LogP contribution in [0.3, 0.4) is 0 Å². The molecule has 3 aliphatic carbocycles. The molecule has 0 radical (unpaired) electrons. The van der Waals surface area contributed by atoms with Crippen LogP contribution in [-0.2, 0) is 0 Å². The fraction of sp³-hybridized carbons (Fsp3) is 1.00. The van der Waals surface area contributed by atoms with Crippen LogP contribution in [0.5, 0.6) is 0 Å². The Morgan fingerprint density at radius 1 is 0.640 bits per heavy atom. The first kappa shape index (κ1) is 21.9. The molecule has 3 saturated carbocycles. The molecule has 25 heavy (non-hydrogen) atoms. The predicted molar refractivity (Wildman–Crippen MR) is 117 cm³/mol. The molecule has 0 aromatic carbocycles. The highest BCUT2D eigenvalue weighted by atomic mass is 31.2. The summed E-state index contributed by atoms with van der Waals surface area (Å²) in [6, 6.07) is 0. The van der Waals surface area contributed by atoms with Gasteiger partial charge in [-0.05, 0) is 83.5 Å². The zero-order valence-corrected chi connectivity index (χ0v) is 20.2. The molecule has 0 heterocycles. The quantitative estimate of drug-likeness (QED) is 0.442. The number of hydrogen-bond donors (Lipinski definition) is 0. The number of hydrogen-bond acceptors (Lipinski definition) is 1. The van der Waals surface area contributed by atoms with Crippen LogP contribution < -0.4 is 4.80 Å². The molecule has 0 atom stereocenters. The molecule has 1 nitrogen and oxygen atoms in total. The third-order valence-electron chi connectivity index (χ3n) is 7.66. The van der Waals surface area contributed by atoms with Gasteiger partial charge in [-0.15, -0.1) is 0 Å². The zero-order chi connectivity index (χ0) is 18.0. The highest BCUT2D eigenvalue weighted by Gasteiger charge is 2.56. The maximum Gasteiger partial charge on any atom is 0.0703 e. The van der Waals surface area contributed by atoms with Gasteiger partial charge in [0.2, 0.25) is 0 Å². The molecule has 0 N–H and O–H groups in total. The van der Waals surface area contributed by atoms with Gasteiger partial charge >= 0.3 is 0 Å². The van der Waals surface area contributed by atoms with E-state index >= 15 is 0 Å². The average Bonchev–Trinajstić information content (AvgIpc) is 2.72. The SMILES string of the molecule is CCCC[P+](C1CCCCC1)(C1CCCCC1)C1CCCCC1.[O-][SiH3]. The Morgan fingerprint density at radius 2 is 0.960 bits per heavy atom. The standard InChI is InChI=1S/C22H42P.H3OSi/c1-2-3-19-23(20-13-7-4-8-14-20,21-15-9-5-10-16-21)22-17-11-6-12-18-22;1-2/h20-22H,2-19H2,1H3;2H3/q+1;-1. The molecule has 0 aliphatic heterocycles. The van der Waals surface area contributed by atoms with E-state index in [1.807, 2.05) is 0 Å². The molecule has 3 heteroatoms. The summed E-state index contributed by atoms with van der Waals surface area (Å²) in [5.41, 5.74) is 3.61. The first-order valence-corrected chi connectivity index (χ1v) is 14.7. The van der Waals surface area contributed by atoms with Crippen molar-refractivity contribution in [3.8, 4) is 0 Å². The lowest BCUT2D eigenvalue weighted by atomic mass is 9.99. The Balaban J connectivity index is 0.00000109. The Hall–Kier alpha value is 0.607. The van der Waals surface area contributed by atoms with Crippen LogP contribution in [0.1, 0.15) is 116 Å². The third-order valence-corrected chi connectivity index (χ3v) is 14.4. The molecular formula is C22H45OPSi. The van der Waals surface area contributed by atoms with E-state index in [-0.39, 0.29) is 10.5 Å².